The second-order valence-corrected chi connectivity index (χ2v) is 3.86. The Morgan fingerprint density at radius 3 is 2.50 bits per heavy atom. The average Bonchev–Trinajstić information content (AvgIpc) is 1.85. The SMILES string of the molecule is Cc1sc(Cl)cc1S. The van der Waals surface area contributed by atoms with Crippen LogP contribution in [-0.2, 0) is 0 Å². The molecule has 0 aromatic carbocycles. The minimum atomic E-state index is 0.813. The van der Waals surface area contributed by atoms with Gasteiger partial charge in [0, 0.05) is 9.77 Å². The van der Waals surface area contributed by atoms with E-state index in [-0.39, 0.29) is 0 Å². The minimum absolute atomic E-state index is 0.813. The predicted octanol–water partition coefficient (Wildman–Crippen LogP) is 3.00. The Bertz CT molecular complexity index is 173. The van der Waals surface area contributed by atoms with Gasteiger partial charge in [-0.25, -0.2) is 0 Å². The fraction of sp³-hybridized carbons (Fsp3) is 0.200. The van der Waals surface area contributed by atoms with Crippen molar-refractivity contribution in [2.45, 2.75) is 11.8 Å². The summed E-state index contributed by atoms with van der Waals surface area (Å²) in [5.74, 6) is 0. The second-order valence-electron chi connectivity index (χ2n) is 1.49. The number of hydrogen-bond acceptors (Lipinski definition) is 2. The van der Waals surface area contributed by atoms with Crippen LogP contribution in [0.25, 0.3) is 0 Å². The first-order valence-corrected chi connectivity index (χ1v) is 3.79. The smallest absolute Gasteiger partial charge is 0.0942 e. The lowest BCUT2D eigenvalue weighted by atomic mass is 10.5. The summed E-state index contributed by atoms with van der Waals surface area (Å²) in [7, 11) is 0. The summed E-state index contributed by atoms with van der Waals surface area (Å²) in [4.78, 5) is 2.17. The number of rotatable bonds is 0. The molecule has 44 valence electrons. The van der Waals surface area contributed by atoms with Crippen LogP contribution in [0, 0.1) is 6.92 Å². The highest BCUT2D eigenvalue weighted by atomic mass is 35.5. The molecule has 3 heteroatoms. The number of thiophene rings is 1. The minimum Gasteiger partial charge on any atom is -0.142 e. The largest absolute Gasteiger partial charge is 0.142 e. The summed E-state index contributed by atoms with van der Waals surface area (Å²) in [5, 5.41) is 0. The Morgan fingerprint density at radius 1 is 1.75 bits per heavy atom. The number of thiol groups is 1. The summed E-state index contributed by atoms with van der Waals surface area (Å²) in [6.45, 7) is 2.00. The summed E-state index contributed by atoms with van der Waals surface area (Å²) in [6.07, 6.45) is 0. The van der Waals surface area contributed by atoms with Crippen LogP contribution in [0.2, 0.25) is 4.34 Å². The third-order valence-electron chi connectivity index (χ3n) is 0.862. The van der Waals surface area contributed by atoms with Gasteiger partial charge in [-0.2, -0.15) is 0 Å². The lowest BCUT2D eigenvalue weighted by Gasteiger charge is -1.78. The predicted molar refractivity (Wildman–Crippen MR) is 41.3 cm³/mol. The van der Waals surface area contributed by atoms with Crippen LogP contribution in [0.5, 0.6) is 0 Å². The molecule has 1 rings (SSSR count). The Kier molecular flexibility index (Phi) is 1.85. The molecule has 0 spiro atoms. The fourth-order valence-corrected chi connectivity index (χ4v) is 1.96. The molecule has 0 N–H and O–H groups in total. The molecule has 0 nitrogen and oxygen atoms in total. The van der Waals surface area contributed by atoms with Crippen molar-refractivity contribution >= 4 is 35.6 Å². The third kappa shape index (κ3) is 1.19. The van der Waals surface area contributed by atoms with Crippen LogP contribution in [0.1, 0.15) is 4.88 Å². The van der Waals surface area contributed by atoms with Crippen molar-refractivity contribution in [2.75, 3.05) is 0 Å². The monoisotopic (exact) mass is 164 g/mol. The molecule has 0 saturated heterocycles. The molecule has 0 radical (unpaired) electrons. The first-order valence-electron chi connectivity index (χ1n) is 2.15. The van der Waals surface area contributed by atoms with E-state index in [0.717, 1.165) is 9.23 Å². The first-order chi connectivity index (χ1) is 3.70. The van der Waals surface area contributed by atoms with Gasteiger partial charge in [-0.05, 0) is 13.0 Å². The number of aryl methyl sites for hydroxylation is 1. The molecule has 0 aliphatic rings. The zero-order chi connectivity index (χ0) is 6.15. The lowest BCUT2D eigenvalue weighted by Crippen LogP contribution is -1.54. The van der Waals surface area contributed by atoms with Gasteiger partial charge in [0.05, 0.1) is 4.34 Å². The van der Waals surface area contributed by atoms with E-state index in [1.807, 2.05) is 13.0 Å². The van der Waals surface area contributed by atoms with Gasteiger partial charge in [-0.1, -0.05) is 11.6 Å². The molecule has 0 aliphatic carbocycles. The zero-order valence-electron chi connectivity index (χ0n) is 4.31. The molecule has 0 unspecified atom stereocenters. The van der Waals surface area contributed by atoms with Gasteiger partial charge >= 0.3 is 0 Å². The molecule has 0 amide bonds. The van der Waals surface area contributed by atoms with Crippen LogP contribution in [-0.4, -0.2) is 0 Å². The Balaban J connectivity index is 3.14. The van der Waals surface area contributed by atoms with Crippen LogP contribution >= 0.6 is 35.6 Å². The molecular weight excluding hydrogens is 160 g/mol. The van der Waals surface area contributed by atoms with Gasteiger partial charge in [0.2, 0.25) is 0 Å². The first kappa shape index (κ1) is 6.46. The molecule has 0 atom stereocenters. The van der Waals surface area contributed by atoms with Crippen LogP contribution in [0.3, 0.4) is 0 Å². The van der Waals surface area contributed by atoms with Crippen LogP contribution < -0.4 is 0 Å². The van der Waals surface area contributed by atoms with Crippen molar-refractivity contribution in [2.24, 2.45) is 0 Å². The van der Waals surface area contributed by atoms with Gasteiger partial charge in [0.25, 0.3) is 0 Å². The Labute approximate surface area is 62.9 Å². The maximum absolute atomic E-state index is 5.64. The molecular formula is C5H5ClS2. The van der Waals surface area contributed by atoms with Gasteiger partial charge in [0.15, 0.2) is 0 Å². The number of halogens is 1. The molecule has 0 saturated carbocycles. The topological polar surface area (TPSA) is 0 Å². The van der Waals surface area contributed by atoms with Crippen LogP contribution in [0.15, 0.2) is 11.0 Å². The van der Waals surface area contributed by atoms with Gasteiger partial charge in [-0.3, -0.25) is 0 Å². The fourth-order valence-electron chi connectivity index (χ4n) is 0.437. The van der Waals surface area contributed by atoms with E-state index in [1.165, 1.54) is 4.88 Å². The van der Waals surface area contributed by atoms with Crippen molar-refractivity contribution in [1.82, 2.24) is 0 Å². The maximum Gasteiger partial charge on any atom is 0.0942 e. The quantitative estimate of drug-likeness (QED) is 0.560. The zero-order valence-corrected chi connectivity index (χ0v) is 6.78. The van der Waals surface area contributed by atoms with E-state index in [4.69, 9.17) is 11.6 Å². The normalized spacial score (nSPS) is 9.88. The average molecular weight is 165 g/mol. The molecule has 0 bridgehead atoms. The molecule has 1 aromatic heterocycles. The van der Waals surface area contributed by atoms with E-state index in [9.17, 15) is 0 Å². The molecule has 1 aromatic rings. The van der Waals surface area contributed by atoms with Crippen LogP contribution in [0.4, 0.5) is 0 Å². The molecule has 1 heterocycles. The van der Waals surface area contributed by atoms with Crippen molar-refractivity contribution in [3.8, 4) is 0 Å². The van der Waals surface area contributed by atoms with Gasteiger partial charge < -0.3 is 0 Å². The number of hydrogen-bond donors (Lipinski definition) is 1. The van der Waals surface area contributed by atoms with E-state index in [1.54, 1.807) is 11.3 Å². The van der Waals surface area contributed by atoms with Gasteiger partial charge in [0.1, 0.15) is 0 Å². The van der Waals surface area contributed by atoms with E-state index < -0.39 is 0 Å². The van der Waals surface area contributed by atoms with Crippen molar-refractivity contribution in [3.05, 3.63) is 15.3 Å². The van der Waals surface area contributed by atoms with E-state index in [0.29, 0.717) is 0 Å². The highest BCUT2D eigenvalue weighted by Crippen LogP contribution is 2.27. The van der Waals surface area contributed by atoms with Crippen molar-refractivity contribution in [1.29, 1.82) is 0 Å². The lowest BCUT2D eigenvalue weighted by molar-refractivity contribution is 1.44. The third-order valence-corrected chi connectivity index (χ3v) is 2.66. The van der Waals surface area contributed by atoms with Crippen molar-refractivity contribution in [3.63, 3.8) is 0 Å². The maximum atomic E-state index is 5.64. The second kappa shape index (κ2) is 2.29. The summed E-state index contributed by atoms with van der Waals surface area (Å²) >= 11 is 11.3. The van der Waals surface area contributed by atoms with Gasteiger partial charge in [-0.15, -0.1) is 24.0 Å². The van der Waals surface area contributed by atoms with Crippen molar-refractivity contribution < 1.29 is 0 Å². The molecule has 8 heavy (non-hydrogen) atoms. The molecule has 0 fully saturated rings. The highest BCUT2D eigenvalue weighted by molar-refractivity contribution is 7.80. The van der Waals surface area contributed by atoms with E-state index >= 15 is 0 Å². The van der Waals surface area contributed by atoms with E-state index in [2.05, 4.69) is 12.6 Å². The Morgan fingerprint density at radius 2 is 2.38 bits per heavy atom. The summed E-state index contributed by atoms with van der Waals surface area (Å²) < 4.78 is 0.813. The summed E-state index contributed by atoms with van der Waals surface area (Å²) in [6, 6.07) is 1.85. The standard InChI is InChI=1S/C5H5ClS2/c1-3-4(7)2-5(6)8-3/h2,7H,1H3. The highest BCUT2D eigenvalue weighted by Gasteiger charge is 1.96. The summed E-state index contributed by atoms with van der Waals surface area (Å²) in [5.41, 5.74) is 0. The molecule has 0 aliphatic heterocycles. The Hall–Kier alpha value is 0.340.